The molecule has 5 heteroatoms. The first-order valence-electron chi connectivity index (χ1n) is 4.74. The summed E-state index contributed by atoms with van der Waals surface area (Å²) in [6, 6.07) is 2.99. The summed E-state index contributed by atoms with van der Waals surface area (Å²) in [7, 11) is 1.26. The Hall–Kier alpha value is -1.62. The molecule has 0 saturated heterocycles. The molecule has 0 fully saturated rings. The van der Waals surface area contributed by atoms with Crippen LogP contribution in [0.1, 0.15) is 20.7 Å². The molecule has 0 saturated carbocycles. The molecule has 0 unspecified atom stereocenters. The van der Waals surface area contributed by atoms with E-state index in [1.165, 1.54) is 13.2 Å². The van der Waals surface area contributed by atoms with Crippen molar-refractivity contribution < 1.29 is 19.1 Å². The summed E-state index contributed by atoms with van der Waals surface area (Å²) < 4.78 is 10.5. The summed E-state index contributed by atoms with van der Waals surface area (Å²) in [6.45, 7) is 3.77. The Morgan fingerprint density at radius 2 is 2.24 bits per heavy atom. The third kappa shape index (κ3) is 3.17. The fraction of sp³-hybridized carbons (Fsp3) is 0.167. The number of aldehydes is 1. The first kappa shape index (κ1) is 13.4. The highest BCUT2D eigenvalue weighted by atomic mass is 79.9. The highest BCUT2D eigenvalue weighted by molar-refractivity contribution is 9.10. The average Bonchev–Trinajstić information content (AvgIpc) is 2.35. The van der Waals surface area contributed by atoms with Gasteiger partial charge in [-0.1, -0.05) is 12.7 Å². The first-order chi connectivity index (χ1) is 8.13. The van der Waals surface area contributed by atoms with Gasteiger partial charge in [-0.3, -0.25) is 4.79 Å². The number of carbonyl (C=O) groups excluding carboxylic acids is 2. The van der Waals surface area contributed by atoms with Crippen LogP contribution in [0.15, 0.2) is 29.3 Å². The van der Waals surface area contributed by atoms with Gasteiger partial charge in [-0.15, -0.1) is 0 Å². The molecule has 0 bridgehead atoms. The number of hydrogen-bond donors (Lipinski definition) is 0. The number of ether oxygens (including phenoxy) is 2. The molecule has 0 heterocycles. The molecular weight excluding hydrogens is 288 g/mol. The van der Waals surface area contributed by atoms with Crippen molar-refractivity contribution in [3.8, 4) is 5.75 Å². The van der Waals surface area contributed by atoms with Crippen molar-refractivity contribution in [1.29, 1.82) is 0 Å². The van der Waals surface area contributed by atoms with E-state index in [1.807, 2.05) is 0 Å². The van der Waals surface area contributed by atoms with Crippen LogP contribution in [-0.4, -0.2) is 26.0 Å². The minimum atomic E-state index is -0.562. The van der Waals surface area contributed by atoms with E-state index in [-0.39, 0.29) is 12.2 Å². The van der Waals surface area contributed by atoms with Crippen molar-refractivity contribution in [3.05, 3.63) is 40.4 Å². The zero-order valence-electron chi connectivity index (χ0n) is 9.23. The van der Waals surface area contributed by atoms with Crippen LogP contribution >= 0.6 is 15.9 Å². The van der Waals surface area contributed by atoms with Gasteiger partial charge in [0.25, 0.3) is 0 Å². The molecule has 17 heavy (non-hydrogen) atoms. The van der Waals surface area contributed by atoms with Crippen molar-refractivity contribution in [1.82, 2.24) is 0 Å². The van der Waals surface area contributed by atoms with Gasteiger partial charge in [-0.25, -0.2) is 4.79 Å². The third-order valence-corrected chi connectivity index (χ3v) is 2.54. The van der Waals surface area contributed by atoms with Gasteiger partial charge in [-0.05, 0) is 28.1 Å². The van der Waals surface area contributed by atoms with Crippen LogP contribution in [0.3, 0.4) is 0 Å². The minimum absolute atomic E-state index is 0.200. The Labute approximate surface area is 107 Å². The van der Waals surface area contributed by atoms with Gasteiger partial charge in [0.1, 0.15) is 24.2 Å². The minimum Gasteiger partial charge on any atom is -0.487 e. The van der Waals surface area contributed by atoms with Gasteiger partial charge >= 0.3 is 5.97 Å². The van der Waals surface area contributed by atoms with E-state index in [0.717, 1.165) is 0 Å². The summed E-state index contributed by atoms with van der Waals surface area (Å²) >= 11 is 3.24. The largest absolute Gasteiger partial charge is 0.487 e. The fourth-order valence-corrected chi connectivity index (χ4v) is 1.83. The summed E-state index contributed by atoms with van der Waals surface area (Å²) in [4.78, 5) is 22.3. The molecule has 0 aromatic heterocycles. The van der Waals surface area contributed by atoms with Gasteiger partial charge in [0, 0.05) is 5.56 Å². The van der Waals surface area contributed by atoms with Crippen LogP contribution in [0.2, 0.25) is 0 Å². The lowest BCUT2D eigenvalue weighted by Crippen LogP contribution is -2.07. The first-order valence-corrected chi connectivity index (χ1v) is 5.54. The predicted octanol–water partition coefficient (Wildman–Crippen LogP) is 2.61. The molecule has 0 aliphatic rings. The Morgan fingerprint density at radius 3 is 2.76 bits per heavy atom. The lowest BCUT2D eigenvalue weighted by molar-refractivity contribution is 0.0596. The van der Waals surface area contributed by atoms with Crippen molar-refractivity contribution in [2.24, 2.45) is 0 Å². The van der Waals surface area contributed by atoms with E-state index in [1.54, 1.807) is 12.1 Å². The number of esters is 1. The molecule has 1 aromatic rings. The SMILES string of the molecule is C=CCOc1c(Br)cc(C=O)cc1C(=O)OC. The van der Waals surface area contributed by atoms with Gasteiger partial charge in [0.2, 0.25) is 0 Å². The second-order valence-corrected chi connectivity index (χ2v) is 3.94. The van der Waals surface area contributed by atoms with Crippen LogP contribution < -0.4 is 4.74 Å². The smallest absolute Gasteiger partial charge is 0.341 e. The molecule has 0 amide bonds. The van der Waals surface area contributed by atoms with Gasteiger partial charge in [0.15, 0.2) is 0 Å². The number of rotatable bonds is 5. The number of halogens is 1. The maximum atomic E-state index is 11.6. The molecule has 0 spiro atoms. The summed E-state index contributed by atoms with van der Waals surface area (Å²) in [5.74, 6) is -0.226. The second-order valence-electron chi connectivity index (χ2n) is 3.09. The molecule has 90 valence electrons. The molecule has 0 atom stereocenters. The molecule has 1 aromatic carbocycles. The molecule has 1 rings (SSSR count). The van der Waals surface area contributed by atoms with Crippen LogP contribution in [0, 0.1) is 0 Å². The monoisotopic (exact) mass is 298 g/mol. The lowest BCUT2D eigenvalue weighted by Gasteiger charge is -2.11. The van der Waals surface area contributed by atoms with E-state index in [9.17, 15) is 9.59 Å². The molecular formula is C12H11BrO4. The van der Waals surface area contributed by atoms with Crippen LogP contribution in [0.4, 0.5) is 0 Å². The van der Waals surface area contributed by atoms with E-state index < -0.39 is 5.97 Å². The van der Waals surface area contributed by atoms with Crippen LogP contribution in [0.5, 0.6) is 5.75 Å². The van der Waals surface area contributed by atoms with Crippen molar-refractivity contribution >= 4 is 28.2 Å². The normalized spacial score (nSPS) is 9.53. The van der Waals surface area contributed by atoms with Crippen LogP contribution in [0.25, 0.3) is 0 Å². The van der Waals surface area contributed by atoms with Crippen molar-refractivity contribution in [3.63, 3.8) is 0 Å². The summed E-state index contributed by atoms with van der Waals surface area (Å²) in [6.07, 6.45) is 2.20. The summed E-state index contributed by atoms with van der Waals surface area (Å²) in [5, 5.41) is 0. The quantitative estimate of drug-likeness (QED) is 0.476. The average molecular weight is 299 g/mol. The maximum absolute atomic E-state index is 11.6. The number of hydrogen-bond acceptors (Lipinski definition) is 4. The molecule has 4 nitrogen and oxygen atoms in total. The van der Waals surface area contributed by atoms with E-state index in [2.05, 4.69) is 27.2 Å². The second kappa shape index (κ2) is 6.20. The van der Waals surface area contributed by atoms with Gasteiger partial charge in [-0.2, -0.15) is 0 Å². The van der Waals surface area contributed by atoms with Crippen molar-refractivity contribution in [2.45, 2.75) is 0 Å². The van der Waals surface area contributed by atoms with E-state index in [0.29, 0.717) is 22.1 Å². The Balaban J connectivity index is 3.28. The molecule has 0 radical (unpaired) electrons. The molecule has 0 N–H and O–H groups in total. The van der Waals surface area contributed by atoms with Crippen molar-refractivity contribution in [2.75, 3.05) is 13.7 Å². The van der Waals surface area contributed by atoms with E-state index in [4.69, 9.17) is 4.74 Å². The fourth-order valence-electron chi connectivity index (χ4n) is 1.23. The maximum Gasteiger partial charge on any atom is 0.341 e. The number of benzene rings is 1. The Morgan fingerprint density at radius 1 is 1.53 bits per heavy atom. The molecule has 0 aliphatic carbocycles. The van der Waals surface area contributed by atoms with Crippen LogP contribution in [-0.2, 0) is 4.74 Å². The number of carbonyl (C=O) groups is 2. The predicted molar refractivity (Wildman–Crippen MR) is 66.6 cm³/mol. The zero-order valence-corrected chi connectivity index (χ0v) is 10.8. The molecule has 0 aliphatic heterocycles. The lowest BCUT2D eigenvalue weighted by atomic mass is 10.1. The standard InChI is InChI=1S/C12H11BrO4/c1-3-4-17-11-9(12(15)16-2)5-8(7-14)6-10(11)13/h3,5-7H,1,4H2,2H3. The highest BCUT2D eigenvalue weighted by Gasteiger charge is 2.17. The zero-order chi connectivity index (χ0) is 12.8. The van der Waals surface area contributed by atoms with Gasteiger partial charge in [0.05, 0.1) is 11.6 Å². The van der Waals surface area contributed by atoms with E-state index >= 15 is 0 Å². The van der Waals surface area contributed by atoms with Gasteiger partial charge < -0.3 is 9.47 Å². The highest BCUT2D eigenvalue weighted by Crippen LogP contribution is 2.31. The Bertz CT molecular complexity index is 454. The summed E-state index contributed by atoms with van der Waals surface area (Å²) in [5.41, 5.74) is 0.564. The topological polar surface area (TPSA) is 52.6 Å². The Kier molecular flexibility index (Phi) is 4.90. The number of methoxy groups -OCH3 is 1. The third-order valence-electron chi connectivity index (χ3n) is 1.95.